The molecule has 1 fully saturated rings. The molecule has 0 bridgehead atoms. The van der Waals surface area contributed by atoms with Gasteiger partial charge in [-0.1, -0.05) is 42.6 Å². The van der Waals surface area contributed by atoms with Crippen molar-refractivity contribution >= 4 is 22.0 Å². The van der Waals surface area contributed by atoms with Crippen molar-refractivity contribution in [3.05, 3.63) is 36.2 Å². The van der Waals surface area contributed by atoms with Crippen LogP contribution in [0.5, 0.6) is 0 Å². The van der Waals surface area contributed by atoms with Crippen LogP contribution in [0, 0.1) is 5.92 Å². The Labute approximate surface area is 191 Å². The first kappa shape index (κ1) is 26.4. The minimum Gasteiger partial charge on any atom is -0.353 e. The van der Waals surface area contributed by atoms with Crippen LogP contribution in [0.25, 0.3) is 6.08 Å². The van der Waals surface area contributed by atoms with Gasteiger partial charge in [0.1, 0.15) is 6.67 Å². The molecule has 1 N–H and O–H groups in total. The normalized spacial score (nSPS) is 15.4. The Morgan fingerprint density at radius 3 is 2.72 bits per heavy atom. The molecule has 1 heterocycles. The lowest BCUT2D eigenvalue weighted by molar-refractivity contribution is -0.116. The average molecular weight is 470 g/mol. The summed E-state index contributed by atoms with van der Waals surface area (Å²) in [5, 5.41) is 2.81. The standard InChI is InChI=1S/C23H36FN3O4S/c24-14-17-27(31-20-22-9-4-3-5-10-22)32(29,30)18-7-2-1-6-16-26-23(28)13-12-21-11-8-15-25-19-21/h8,11-13,15,19,22H,1-7,9-10,14,16-18,20H2,(H,26,28). The summed E-state index contributed by atoms with van der Waals surface area (Å²) in [7, 11) is -3.64. The van der Waals surface area contributed by atoms with Crippen molar-refractivity contribution in [3.63, 3.8) is 0 Å². The molecule has 0 atom stereocenters. The molecule has 0 unspecified atom stereocenters. The highest BCUT2D eigenvalue weighted by atomic mass is 32.2. The Hall–Kier alpha value is -1.84. The predicted molar refractivity (Wildman–Crippen MR) is 124 cm³/mol. The fourth-order valence-electron chi connectivity index (χ4n) is 3.68. The number of amides is 1. The van der Waals surface area contributed by atoms with Crippen molar-refractivity contribution in [1.82, 2.24) is 14.8 Å². The van der Waals surface area contributed by atoms with E-state index in [1.807, 2.05) is 6.07 Å². The van der Waals surface area contributed by atoms with E-state index in [1.165, 1.54) is 12.5 Å². The molecular formula is C23H36FN3O4S. The number of unbranched alkanes of at least 4 members (excludes halogenated alkanes) is 3. The monoisotopic (exact) mass is 469 g/mol. The third-order valence-corrected chi connectivity index (χ3v) is 7.21. The Morgan fingerprint density at radius 1 is 1.22 bits per heavy atom. The molecule has 1 aliphatic rings. The summed E-state index contributed by atoms with van der Waals surface area (Å²) in [5.74, 6) is 0.126. The van der Waals surface area contributed by atoms with Gasteiger partial charge in [-0.2, -0.15) is 0 Å². The lowest BCUT2D eigenvalue weighted by Crippen LogP contribution is -2.36. The third kappa shape index (κ3) is 10.7. The number of hydroxylamine groups is 1. The number of rotatable bonds is 15. The number of alkyl halides is 1. The van der Waals surface area contributed by atoms with E-state index in [0.717, 1.165) is 48.6 Å². The lowest BCUT2D eigenvalue weighted by atomic mass is 9.90. The fourth-order valence-corrected chi connectivity index (χ4v) is 5.02. The van der Waals surface area contributed by atoms with Crippen molar-refractivity contribution in [1.29, 1.82) is 0 Å². The van der Waals surface area contributed by atoms with E-state index in [4.69, 9.17) is 4.84 Å². The summed E-state index contributed by atoms with van der Waals surface area (Å²) in [6, 6.07) is 3.66. The summed E-state index contributed by atoms with van der Waals surface area (Å²) in [6.45, 7) is -0.151. The SMILES string of the molecule is O=C(C=Cc1cccnc1)NCCCCCCS(=O)(=O)N(CCF)OCC1CCCCC1. The van der Waals surface area contributed by atoms with Crippen LogP contribution < -0.4 is 5.32 Å². The lowest BCUT2D eigenvalue weighted by Gasteiger charge is -2.25. The smallest absolute Gasteiger partial charge is 0.243 e. The number of halogens is 1. The van der Waals surface area contributed by atoms with Gasteiger partial charge in [-0.15, -0.1) is 0 Å². The second-order valence-electron chi connectivity index (χ2n) is 8.16. The molecule has 1 aliphatic carbocycles. The maximum Gasteiger partial charge on any atom is 0.243 e. The van der Waals surface area contributed by atoms with E-state index < -0.39 is 16.7 Å². The zero-order valence-electron chi connectivity index (χ0n) is 18.8. The number of hydrogen-bond donors (Lipinski definition) is 1. The number of carbonyl (C=O) groups excluding carboxylic acids is 1. The first-order valence-electron chi connectivity index (χ1n) is 11.6. The molecule has 1 aromatic heterocycles. The van der Waals surface area contributed by atoms with Gasteiger partial charge >= 0.3 is 0 Å². The molecule has 1 aromatic rings. The molecule has 0 saturated heterocycles. The minimum atomic E-state index is -3.64. The van der Waals surface area contributed by atoms with Gasteiger partial charge in [-0.05, 0) is 49.3 Å². The van der Waals surface area contributed by atoms with Crippen LogP contribution >= 0.6 is 0 Å². The molecule has 0 spiro atoms. The van der Waals surface area contributed by atoms with Crippen molar-refractivity contribution in [3.8, 4) is 0 Å². The molecule has 32 heavy (non-hydrogen) atoms. The number of aromatic nitrogens is 1. The van der Waals surface area contributed by atoms with E-state index in [2.05, 4.69) is 10.3 Å². The van der Waals surface area contributed by atoms with E-state index in [0.29, 0.717) is 31.9 Å². The maximum absolute atomic E-state index is 12.9. The summed E-state index contributed by atoms with van der Waals surface area (Å²) in [6.07, 6.45) is 14.9. The van der Waals surface area contributed by atoms with Crippen molar-refractivity contribution in [2.75, 3.05) is 32.1 Å². The average Bonchev–Trinajstić information content (AvgIpc) is 2.81. The summed E-state index contributed by atoms with van der Waals surface area (Å²) < 4.78 is 38.8. The number of carbonyl (C=O) groups is 1. The molecule has 0 radical (unpaired) electrons. The van der Waals surface area contributed by atoms with Crippen LogP contribution in [-0.4, -0.2) is 55.9 Å². The highest BCUT2D eigenvalue weighted by Crippen LogP contribution is 2.24. The number of pyridine rings is 1. The Balaban J connectivity index is 1.59. The second kappa shape index (κ2) is 15.1. The first-order chi connectivity index (χ1) is 15.5. The quantitative estimate of drug-likeness (QED) is 0.239. The molecule has 9 heteroatoms. The van der Waals surface area contributed by atoms with Gasteiger partial charge < -0.3 is 5.32 Å². The van der Waals surface area contributed by atoms with E-state index in [9.17, 15) is 17.6 Å². The second-order valence-corrected chi connectivity index (χ2v) is 10.1. The van der Waals surface area contributed by atoms with E-state index >= 15 is 0 Å². The zero-order valence-corrected chi connectivity index (χ0v) is 19.6. The number of sulfonamides is 1. The Kier molecular flexibility index (Phi) is 12.4. The van der Waals surface area contributed by atoms with Crippen molar-refractivity contribution < 1.29 is 22.4 Å². The number of nitrogens with one attached hydrogen (secondary N) is 1. The van der Waals surface area contributed by atoms with Crippen LogP contribution in [0.15, 0.2) is 30.6 Å². The molecular weight excluding hydrogens is 433 g/mol. The molecule has 180 valence electrons. The third-order valence-electron chi connectivity index (χ3n) is 5.50. The number of nitrogens with zero attached hydrogens (tertiary/aromatic N) is 2. The highest BCUT2D eigenvalue weighted by Gasteiger charge is 2.24. The van der Waals surface area contributed by atoms with Gasteiger partial charge in [-0.25, -0.2) is 12.8 Å². The zero-order chi connectivity index (χ0) is 23.1. The summed E-state index contributed by atoms with van der Waals surface area (Å²) >= 11 is 0. The van der Waals surface area contributed by atoms with Gasteiger partial charge in [0.25, 0.3) is 0 Å². The van der Waals surface area contributed by atoms with Crippen LogP contribution in [0.4, 0.5) is 4.39 Å². The topological polar surface area (TPSA) is 88.6 Å². The van der Waals surface area contributed by atoms with Gasteiger partial charge in [0.05, 0.1) is 18.9 Å². The molecule has 1 saturated carbocycles. The number of hydrogen-bond acceptors (Lipinski definition) is 5. The van der Waals surface area contributed by atoms with Gasteiger partial charge in [0, 0.05) is 25.0 Å². The summed E-state index contributed by atoms with van der Waals surface area (Å²) in [4.78, 5) is 21.3. The largest absolute Gasteiger partial charge is 0.353 e. The predicted octanol–water partition coefficient (Wildman–Crippen LogP) is 3.88. The molecule has 1 amide bonds. The first-order valence-corrected chi connectivity index (χ1v) is 13.2. The molecule has 0 aliphatic heterocycles. The molecule has 7 nitrogen and oxygen atoms in total. The van der Waals surface area contributed by atoms with Crippen LogP contribution in [-0.2, 0) is 19.7 Å². The van der Waals surface area contributed by atoms with Crippen molar-refractivity contribution in [2.24, 2.45) is 5.92 Å². The minimum absolute atomic E-state index is 0.0577. The highest BCUT2D eigenvalue weighted by molar-refractivity contribution is 7.88. The molecule has 2 rings (SSSR count). The van der Waals surface area contributed by atoms with Crippen LogP contribution in [0.1, 0.15) is 63.4 Å². The fraction of sp³-hybridized carbons (Fsp3) is 0.652. The Bertz CT molecular complexity index is 784. The van der Waals surface area contributed by atoms with E-state index in [1.54, 1.807) is 24.5 Å². The van der Waals surface area contributed by atoms with Gasteiger partial charge in [0.2, 0.25) is 15.9 Å². The van der Waals surface area contributed by atoms with Gasteiger partial charge in [-0.3, -0.25) is 14.6 Å². The van der Waals surface area contributed by atoms with E-state index in [-0.39, 0.29) is 18.2 Å². The van der Waals surface area contributed by atoms with Crippen LogP contribution in [0.2, 0.25) is 0 Å². The molecule has 0 aromatic carbocycles. The van der Waals surface area contributed by atoms with Crippen molar-refractivity contribution in [2.45, 2.75) is 57.8 Å². The van der Waals surface area contributed by atoms with Crippen LogP contribution in [0.3, 0.4) is 0 Å². The summed E-state index contributed by atoms with van der Waals surface area (Å²) in [5.41, 5.74) is 0.855. The Morgan fingerprint density at radius 2 is 2.00 bits per heavy atom. The van der Waals surface area contributed by atoms with Gasteiger partial charge in [0.15, 0.2) is 0 Å². The maximum atomic E-state index is 12.9.